The van der Waals surface area contributed by atoms with Crippen molar-refractivity contribution in [1.29, 1.82) is 0 Å². The predicted molar refractivity (Wildman–Crippen MR) is 89.6 cm³/mol. The molecule has 0 unspecified atom stereocenters. The molecule has 2 aromatic rings. The molecule has 0 saturated carbocycles. The summed E-state index contributed by atoms with van der Waals surface area (Å²) in [4.78, 5) is 2.37. The molecule has 1 fully saturated rings. The molecule has 2 aliphatic rings. The lowest BCUT2D eigenvalue weighted by Crippen LogP contribution is -2.43. The van der Waals surface area contributed by atoms with Gasteiger partial charge in [0, 0.05) is 25.8 Å². The highest BCUT2D eigenvalue weighted by Gasteiger charge is 2.23. The van der Waals surface area contributed by atoms with Crippen molar-refractivity contribution >= 4 is 11.6 Å². The maximum absolute atomic E-state index is 6.27. The van der Waals surface area contributed by atoms with Crippen molar-refractivity contribution in [2.75, 3.05) is 26.5 Å². The van der Waals surface area contributed by atoms with E-state index in [4.69, 9.17) is 25.8 Å². The molecule has 0 radical (unpaired) electrons. The second-order valence-corrected chi connectivity index (χ2v) is 6.69. The third-order valence-corrected chi connectivity index (χ3v) is 4.55. The van der Waals surface area contributed by atoms with Gasteiger partial charge < -0.3 is 14.2 Å². The van der Waals surface area contributed by atoms with Crippen molar-refractivity contribution in [2.24, 2.45) is 0 Å². The molecule has 4 rings (SSSR count). The molecule has 1 saturated heterocycles. The number of morpholine rings is 1. The van der Waals surface area contributed by atoms with E-state index in [2.05, 4.69) is 10.00 Å². The number of hydrogen-bond acceptors (Lipinski definition) is 5. The first kappa shape index (κ1) is 15.7. The summed E-state index contributed by atoms with van der Waals surface area (Å²) in [5.74, 6) is 1.38. The van der Waals surface area contributed by atoms with Crippen LogP contribution >= 0.6 is 11.6 Å². The Hall–Kier alpha value is -1.76. The lowest BCUT2D eigenvalue weighted by molar-refractivity contribution is -0.0402. The fourth-order valence-corrected chi connectivity index (χ4v) is 3.47. The van der Waals surface area contributed by atoms with Crippen LogP contribution in [0.5, 0.6) is 11.5 Å². The fraction of sp³-hybridized carbons (Fsp3) is 0.471. The Bertz CT molecular complexity index is 734. The fourth-order valence-electron chi connectivity index (χ4n) is 3.18. The van der Waals surface area contributed by atoms with Crippen molar-refractivity contribution in [1.82, 2.24) is 14.7 Å². The predicted octanol–water partition coefficient (Wildman–Crippen LogP) is 2.47. The Morgan fingerprint density at radius 3 is 3.08 bits per heavy atom. The quantitative estimate of drug-likeness (QED) is 0.848. The molecule has 128 valence electrons. The number of halogens is 1. The van der Waals surface area contributed by atoms with E-state index in [1.54, 1.807) is 0 Å². The van der Waals surface area contributed by atoms with Crippen molar-refractivity contribution in [2.45, 2.75) is 26.1 Å². The Balaban J connectivity index is 1.40. The highest BCUT2D eigenvalue weighted by atomic mass is 35.5. The van der Waals surface area contributed by atoms with Gasteiger partial charge in [-0.25, -0.2) is 0 Å². The van der Waals surface area contributed by atoms with E-state index in [1.807, 2.05) is 36.1 Å². The lowest BCUT2D eigenvalue weighted by atomic mass is 10.1. The first-order valence-corrected chi connectivity index (χ1v) is 8.46. The Morgan fingerprint density at radius 1 is 1.33 bits per heavy atom. The number of aryl methyl sites for hydroxylation is 1. The van der Waals surface area contributed by atoms with Crippen LogP contribution in [0.3, 0.4) is 0 Å². The van der Waals surface area contributed by atoms with Gasteiger partial charge in [-0.15, -0.1) is 0 Å². The van der Waals surface area contributed by atoms with Crippen LogP contribution in [0.4, 0.5) is 0 Å². The maximum atomic E-state index is 6.27. The summed E-state index contributed by atoms with van der Waals surface area (Å²) < 4.78 is 18.6. The van der Waals surface area contributed by atoms with E-state index in [9.17, 15) is 0 Å². The van der Waals surface area contributed by atoms with E-state index in [-0.39, 0.29) is 12.9 Å². The molecule has 0 spiro atoms. The highest BCUT2D eigenvalue weighted by Crippen LogP contribution is 2.40. The van der Waals surface area contributed by atoms with Crippen molar-refractivity contribution < 1.29 is 14.2 Å². The van der Waals surface area contributed by atoms with Gasteiger partial charge in [-0.1, -0.05) is 11.6 Å². The molecule has 24 heavy (non-hydrogen) atoms. The van der Waals surface area contributed by atoms with E-state index < -0.39 is 0 Å². The zero-order valence-electron chi connectivity index (χ0n) is 13.6. The van der Waals surface area contributed by atoms with Gasteiger partial charge in [-0.3, -0.25) is 9.58 Å². The first-order valence-electron chi connectivity index (χ1n) is 8.08. The topological polar surface area (TPSA) is 48.8 Å². The summed E-state index contributed by atoms with van der Waals surface area (Å²) in [6.07, 6.45) is 4.05. The zero-order valence-corrected chi connectivity index (χ0v) is 14.3. The van der Waals surface area contributed by atoms with Crippen LogP contribution in [0.15, 0.2) is 24.5 Å². The van der Waals surface area contributed by atoms with Crippen molar-refractivity contribution in [3.8, 4) is 11.5 Å². The first-order chi connectivity index (χ1) is 11.7. The van der Waals surface area contributed by atoms with Crippen LogP contribution < -0.4 is 9.47 Å². The molecule has 3 heterocycles. The van der Waals surface area contributed by atoms with Crippen LogP contribution in [-0.4, -0.2) is 47.3 Å². The molecule has 1 atom stereocenters. The average molecular weight is 350 g/mol. The zero-order chi connectivity index (χ0) is 16.5. The summed E-state index contributed by atoms with van der Waals surface area (Å²) >= 11 is 6.27. The number of rotatable bonds is 4. The van der Waals surface area contributed by atoms with E-state index in [1.165, 1.54) is 0 Å². The Kier molecular flexibility index (Phi) is 4.35. The van der Waals surface area contributed by atoms with Crippen molar-refractivity contribution in [3.05, 3.63) is 40.7 Å². The van der Waals surface area contributed by atoms with E-state index in [0.29, 0.717) is 10.8 Å². The van der Waals surface area contributed by atoms with E-state index in [0.717, 1.165) is 49.7 Å². The van der Waals surface area contributed by atoms with Gasteiger partial charge in [-0.05, 0) is 30.2 Å². The maximum Gasteiger partial charge on any atom is 0.231 e. The highest BCUT2D eigenvalue weighted by molar-refractivity contribution is 6.32. The van der Waals surface area contributed by atoms with E-state index >= 15 is 0 Å². The standard InChI is InChI=1S/C17H20ClN3O3/c1-12-6-19-21(7-12)10-14-9-20(2-3-22-14)8-13-4-15(18)17-16(5-13)23-11-24-17/h4-7,14H,2-3,8-11H2,1H3/t14-/m1/s1. The molecule has 1 aromatic carbocycles. The van der Waals surface area contributed by atoms with Gasteiger partial charge in [0.15, 0.2) is 11.5 Å². The molecule has 7 heteroatoms. The lowest BCUT2D eigenvalue weighted by Gasteiger charge is -2.33. The number of nitrogens with zero attached hydrogens (tertiary/aromatic N) is 3. The Labute approximate surface area is 145 Å². The Morgan fingerprint density at radius 2 is 2.25 bits per heavy atom. The molecule has 6 nitrogen and oxygen atoms in total. The summed E-state index contributed by atoms with van der Waals surface area (Å²) in [6, 6.07) is 3.96. The van der Waals surface area contributed by atoms with Crippen LogP contribution in [0.1, 0.15) is 11.1 Å². The molecule has 2 aliphatic heterocycles. The number of ether oxygens (including phenoxy) is 3. The van der Waals surface area contributed by atoms with Gasteiger partial charge in [0.2, 0.25) is 6.79 Å². The number of fused-ring (bicyclic) bond motifs is 1. The molecule has 0 aliphatic carbocycles. The normalized spacial score (nSPS) is 20.5. The van der Waals surface area contributed by atoms with Gasteiger partial charge in [-0.2, -0.15) is 5.10 Å². The summed E-state index contributed by atoms with van der Waals surface area (Å²) in [7, 11) is 0. The van der Waals surface area contributed by atoms with Crippen LogP contribution in [0.2, 0.25) is 5.02 Å². The van der Waals surface area contributed by atoms with Gasteiger partial charge in [0.05, 0.1) is 30.5 Å². The van der Waals surface area contributed by atoms with Crippen molar-refractivity contribution in [3.63, 3.8) is 0 Å². The minimum absolute atomic E-state index is 0.141. The van der Waals surface area contributed by atoms with Gasteiger partial charge in [0.25, 0.3) is 0 Å². The minimum atomic E-state index is 0.141. The SMILES string of the molecule is Cc1cnn(C[C@H]2CN(Cc3cc(Cl)c4c(c3)OCO4)CCO2)c1. The van der Waals surface area contributed by atoms with Crippen LogP contribution in [-0.2, 0) is 17.8 Å². The number of benzene rings is 1. The molecule has 0 N–H and O–H groups in total. The second-order valence-electron chi connectivity index (χ2n) is 6.28. The molecule has 1 aromatic heterocycles. The summed E-state index contributed by atoms with van der Waals surface area (Å²) in [5.41, 5.74) is 2.29. The third-order valence-electron chi connectivity index (χ3n) is 4.27. The smallest absolute Gasteiger partial charge is 0.231 e. The van der Waals surface area contributed by atoms with Gasteiger partial charge in [0.1, 0.15) is 0 Å². The largest absolute Gasteiger partial charge is 0.454 e. The molecule has 0 bridgehead atoms. The summed E-state index contributed by atoms with van der Waals surface area (Å²) in [5, 5.41) is 4.95. The van der Waals surface area contributed by atoms with Gasteiger partial charge >= 0.3 is 0 Å². The summed E-state index contributed by atoms with van der Waals surface area (Å²) in [6.45, 7) is 6.36. The second kappa shape index (κ2) is 6.63. The van der Waals surface area contributed by atoms with Crippen LogP contribution in [0, 0.1) is 6.92 Å². The average Bonchev–Trinajstić information content (AvgIpc) is 3.17. The third kappa shape index (κ3) is 3.36. The van der Waals surface area contributed by atoms with Crippen LogP contribution in [0.25, 0.3) is 0 Å². The molecular weight excluding hydrogens is 330 g/mol. The monoisotopic (exact) mass is 349 g/mol. The number of hydrogen-bond donors (Lipinski definition) is 0. The number of aromatic nitrogens is 2. The minimum Gasteiger partial charge on any atom is -0.454 e. The molecular formula is C17H20ClN3O3. The molecule has 0 amide bonds.